The SMILES string of the molecule is CCOC(=O)Cc1cc2c(-c3ccc(N(c4ccc(C)cc4)c4ccc(C)cc4)cc3)sc(/C=C3\C(=O)c4ccccc4C3=C(C#N)C#N)c2s1. The van der Waals surface area contributed by atoms with Gasteiger partial charge >= 0.3 is 5.97 Å². The molecule has 0 amide bonds. The maximum absolute atomic E-state index is 13.8. The van der Waals surface area contributed by atoms with E-state index in [1.807, 2.05) is 18.2 Å². The number of rotatable bonds is 8. The van der Waals surface area contributed by atoms with Crippen molar-refractivity contribution < 1.29 is 14.3 Å². The van der Waals surface area contributed by atoms with Gasteiger partial charge < -0.3 is 9.64 Å². The minimum absolute atomic E-state index is 0.107. The van der Waals surface area contributed by atoms with Gasteiger partial charge in [-0.05, 0) is 80.4 Å². The van der Waals surface area contributed by atoms with Crippen LogP contribution in [0.25, 0.3) is 32.2 Å². The number of ether oxygens (including phenoxy) is 1. The van der Waals surface area contributed by atoms with Crippen molar-refractivity contribution in [1.29, 1.82) is 10.5 Å². The van der Waals surface area contributed by atoms with E-state index in [2.05, 4.69) is 91.5 Å². The number of carbonyl (C=O) groups excluding carboxylic acids is 2. The quantitative estimate of drug-likeness (QED) is 0.0891. The second-order valence-electron chi connectivity index (χ2n) is 12.2. The number of esters is 1. The Morgan fingerprint density at radius 3 is 1.94 bits per heavy atom. The highest BCUT2D eigenvalue weighted by Crippen LogP contribution is 2.47. The molecule has 4 aromatic carbocycles. The molecule has 0 saturated heterocycles. The van der Waals surface area contributed by atoms with Crippen molar-refractivity contribution >= 4 is 73.2 Å². The largest absolute Gasteiger partial charge is 0.466 e. The molecule has 0 N–H and O–H groups in total. The Balaban J connectivity index is 1.36. The van der Waals surface area contributed by atoms with Crippen LogP contribution in [0, 0.1) is 36.5 Å². The maximum Gasteiger partial charge on any atom is 0.311 e. The number of Topliss-reactive ketones (excluding diaryl/α,β-unsaturated/α-hetero) is 1. The summed E-state index contributed by atoms with van der Waals surface area (Å²) < 4.78 is 6.17. The molecule has 1 aliphatic rings. The number of ketones is 1. The molecule has 6 aromatic rings. The van der Waals surface area contributed by atoms with Crippen LogP contribution >= 0.6 is 22.7 Å². The molecule has 0 saturated carbocycles. The Morgan fingerprint density at radius 2 is 1.37 bits per heavy atom. The number of anilines is 3. The van der Waals surface area contributed by atoms with Crippen LogP contribution in [0.3, 0.4) is 0 Å². The van der Waals surface area contributed by atoms with Gasteiger partial charge in [0.15, 0.2) is 5.78 Å². The van der Waals surface area contributed by atoms with Crippen LogP contribution in [-0.4, -0.2) is 18.4 Å². The predicted molar refractivity (Wildman–Crippen MR) is 207 cm³/mol. The number of allylic oxidation sites excluding steroid dienone is 3. The standard InChI is InChI=1S/C43H31N3O3S2/c1-4-49-39(47)22-33-21-37-42(28-13-19-32(20-14-28)46(30-15-9-26(2)10-16-30)31-17-11-27(3)12-18-31)51-38(43(37)50-33)23-36-40(29(24-44)25-45)34-7-5-6-8-35(34)41(36)48/h5-21,23H,4,22H2,1-3H3/b36-23-. The van der Waals surface area contributed by atoms with Gasteiger partial charge in [-0.3, -0.25) is 9.59 Å². The molecule has 0 unspecified atom stereocenters. The highest BCUT2D eigenvalue weighted by Gasteiger charge is 2.33. The Bertz CT molecular complexity index is 2410. The van der Waals surface area contributed by atoms with Gasteiger partial charge in [-0.25, -0.2) is 0 Å². The Hall–Kier alpha value is -6.06. The summed E-state index contributed by atoms with van der Waals surface area (Å²) in [6.07, 6.45) is 1.94. The molecule has 2 aromatic heterocycles. The number of nitrogens with zero attached hydrogens (tertiary/aromatic N) is 3. The van der Waals surface area contributed by atoms with Gasteiger partial charge in [-0.1, -0.05) is 71.8 Å². The summed E-state index contributed by atoms with van der Waals surface area (Å²) in [4.78, 5) is 31.2. The second-order valence-corrected chi connectivity index (χ2v) is 14.4. The summed E-state index contributed by atoms with van der Waals surface area (Å²) in [7, 11) is 0. The molecule has 0 fully saturated rings. The van der Waals surface area contributed by atoms with E-state index in [0.29, 0.717) is 28.9 Å². The Labute approximate surface area is 304 Å². The van der Waals surface area contributed by atoms with Gasteiger partial charge in [0.05, 0.1) is 17.7 Å². The van der Waals surface area contributed by atoms with Crippen molar-refractivity contribution in [3.63, 3.8) is 0 Å². The number of hydrogen-bond acceptors (Lipinski definition) is 8. The minimum atomic E-state index is -0.303. The lowest BCUT2D eigenvalue weighted by Crippen LogP contribution is -2.09. The first-order chi connectivity index (χ1) is 24.8. The molecule has 6 nitrogen and oxygen atoms in total. The van der Waals surface area contributed by atoms with Gasteiger partial charge in [0.25, 0.3) is 0 Å². The lowest BCUT2D eigenvalue weighted by Gasteiger charge is -2.26. The first-order valence-electron chi connectivity index (χ1n) is 16.4. The predicted octanol–water partition coefficient (Wildman–Crippen LogP) is 10.9. The second kappa shape index (κ2) is 14.0. The van der Waals surface area contributed by atoms with Gasteiger partial charge in [0, 0.05) is 53.8 Å². The summed E-state index contributed by atoms with van der Waals surface area (Å²) in [6.45, 7) is 6.24. The van der Waals surface area contributed by atoms with E-state index < -0.39 is 0 Å². The van der Waals surface area contributed by atoms with E-state index in [1.54, 1.807) is 48.6 Å². The van der Waals surface area contributed by atoms with E-state index >= 15 is 0 Å². The molecule has 2 heterocycles. The van der Waals surface area contributed by atoms with E-state index in [1.165, 1.54) is 22.5 Å². The average molecular weight is 702 g/mol. The van der Waals surface area contributed by atoms with Crippen LogP contribution in [-0.2, 0) is 16.0 Å². The lowest BCUT2D eigenvalue weighted by atomic mass is 9.99. The summed E-state index contributed by atoms with van der Waals surface area (Å²) in [6, 6.07) is 38.4. The summed E-state index contributed by atoms with van der Waals surface area (Å²) in [5.41, 5.74) is 8.05. The van der Waals surface area contributed by atoms with Gasteiger partial charge in [0.1, 0.15) is 17.7 Å². The topological polar surface area (TPSA) is 94.2 Å². The zero-order chi connectivity index (χ0) is 35.6. The van der Waals surface area contributed by atoms with Crippen molar-refractivity contribution in [2.24, 2.45) is 0 Å². The molecular weight excluding hydrogens is 671 g/mol. The summed E-state index contributed by atoms with van der Waals surface area (Å²) in [5, 5.41) is 20.7. The first kappa shape index (κ1) is 33.4. The minimum Gasteiger partial charge on any atom is -0.466 e. The van der Waals surface area contributed by atoms with Crippen molar-refractivity contribution in [3.05, 3.63) is 146 Å². The molecule has 7 rings (SSSR count). The van der Waals surface area contributed by atoms with Crippen LogP contribution in [0.1, 0.15) is 43.7 Å². The first-order valence-corrected chi connectivity index (χ1v) is 18.1. The smallest absolute Gasteiger partial charge is 0.311 e. The molecule has 0 bridgehead atoms. The zero-order valence-corrected chi connectivity index (χ0v) is 29.8. The molecule has 8 heteroatoms. The van der Waals surface area contributed by atoms with Crippen molar-refractivity contribution in [1.82, 2.24) is 0 Å². The number of fused-ring (bicyclic) bond motifs is 2. The fourth-order valence-corrected chi connectivity index (χ4v) is 8.83. The molecule has 0 aliphatic heterocycles. The van der Waals surface area contributed by atoms with Crippen LogP contribution in [0.5, 0.6) is 0 Å². The molecule has 0 radical (unpaired) electrons. The third-order valence-electron chi connectivity index (χ3n) is 8.76. The van der Waals surface area contributed by atoms with E-state index in [4.69, 9.17) is 4.74 Å². The van der Waals surface area contributed by atoms with Gasteiger partial charge in [-0.15, -0.1) is 22.7 Å². The van der Waals surface area contributed by atoms with Crippen molar-refractivity contribution in [2.45, 2.75) is 27.2 Å². The highest BCUT2D eigenvalue weighted by atomic mass is 32.1. The Morgan fingerprint density at radius 1 is 0.804 bits per heavy atom. The number of thiophene rings is 2. The third-order valence-corrected chi connectivity index (χ3v) is 11.3. The monoisotopic (exact) mass is 701 g/mol. The molecule has 0 spiro atoms. The third kappa shape index (κ3) is 6.39. The van der Waals surface area contributed by atoms with Crippen molar-refractivity contribution in [3.8, 4) is 22.6 Å². The van der Waals surface area contributed by atoms with E-state index in [-0.39, 0.29) is 23.7 Å². The number of benzene rings is 4. The fourth-order valence-electron chi connectivity index (χ4n) is 6.33. The number of hydrogen-bond donors (Lipinski definition) is 0. The van der Waals surface area contributed by atoms with Crippen LogP contribution in [0.4, 0.5) is 17.1 Å². The van der Waals surface area contributed by atoms with E-state index in [0.717, 1.165) is 47.3 Å². The summed E-state index contributed by atoms with van der Waals surface area (Å²) in [5.74, 6) is -0.533. The molecule has 1 aliphatic carbocycles. The van der Waals surface area contributed by atoms with Crippen LogP contribution < -0.4 is 4.90 Å². The lowest BCUT2D eigenvalue weighted by molar-refractivity contribution is -0.142. The molecule has 248 valence electrons. The van der Waals surface area contributed by atoms with Crippen molar-refractivity contribution in [2.75, 3.05) is 11.5 Å². The number of carbonyl (C=O) groups is 2. The summed E-state index contributed by atoms with van der Waals surface area (Å²) >= 11 is 3.03. The zero-order valence-electron chi connectivity index (χ0n) is 28.2. The maximum atomic E-state index is 13.8. The number of aryl methyl sites for hydroxylation is 2. The normalized spacial score (nSPS) is 12.8. The molecule has 51 heavy (non-hydrogen) atoms. The fraction of sp³-hybridized carbons (Fsp3) is 0.116. The highest BCUT2D eigenvalue weighted by molar-refractivity contribution is 7.26. The van der Waals surface area contributed by atoms with Crippen LogP contribution in [0.2, 0.25) is 0 Å². The van der Waals surface area contributed by atoms with Gasteiger partial charge in [-0.2, -0.15) is 10.5 Å². The molecular formula is C43H31N3O3S2. The number of nitriles is 2. The van der Waals surface area contributed by atoms with Crippen LogP contribution in [0.15, 0.2) is 114 Å². The molecule has 0 atom stereocenters. The van der Waals surface area contributed by atoms with E-state index in [9.17, 15) is 20.1 Å². The average Bonchev–Trinajstić information content (AvgIpc) is 3.78. The Kier molecular flexibility index (Phi) is 9.21. The van der Waals surface area contributed by atoms with Gasteiger partial charge in [0.2, 0.25) is 0 Å².